The fourth-order valence-corrected chi connectivity index (χ4v) is 2.55. The molecule has 0 saturated carbocycles. The van der Waals surface area contributed by atoms with E-state index in [0.29, 0.717) is 6.61 Å². The van der Waals surface area contributed by atoms with E-state index in [0.717, 1.165) is 31.6 Å². The highest BCUT2D eigenvalue weighted by atomic mass is 16.5. The molecule has 0 amide bonds. The number of benzene rings is 1. The number of fused-ring (bicyclic) bond motifs is 1. The molecule has 0 aromatic heterocycles. The number of hydrogen-bond donors (Lipinski definition) is 1. The first-order chi connectivity index (χ1) is 9.26. The second kappa shape index (κ2) is 6.89. The van der Waals surface area contributed by atoms with Crippen LogP contribution < -0.4 is 10.5 Å². The first-order valence-corrected chi connectivity index (χ1v) is 6.79. The molecule has 0 radical (unpaired) electrons. The van der Waals surface area contributed by atoms with Crippen LogP contribution in [0.25, 0.3) is 0 Å². The smallest absolute Gasteiger partial charge is 0.119 e. The zero-order chi connectivity index (χ0) is 13.7. The first-order valence-electron chi connectivity index (χ1n) is 6.79. The van der Waals surface area contributed by atoms with Crippen molar-refractivity contribution >= 4 is 0 Å². The maximum Gasteiger partial charge on any atom is 0.119 e. The summed E-state index contributed by atoms with van der Waals surface area (Å²) in [4.78, 5) is 0. The molecule has 4 heteroatoms. The zero-order valence-corrected chi connectivity index (χ0v) is 11.7. The van der Waals surface area contributed by atoms with Gasteiger partial charge in [0.1, 0.15) is 5.75 Å². The van der Waals surface area contributed by atoms with Gasteiger partial charge in [-0.2, -0.15) is 0 Å². The van der Waals surface area contributed by atoms with Crippen LogP contribution in [0.4, 0.5) is 0 Å². The molecule has 2 atom stereocenters. The van der Waals surface area contributed by atoms with Crippen LogP contribution in [0.3, 0.4) is 0 Å². The standard InChI is InChI=1S/C15H23NO3/c1-17-8-3-9-19-14-7-4-11-10-12(18-2)5-6-13(11)15(14)16/h5-6,10,14-15H,3-4,7-9,16H2,1-2H3. The lowest BCUT2D eigenvalue weighted by Crippen LogP contribution is -2.34. The van der Waals surface area contributed by atoms with E-state index in [1.807, 2.05) is 6.07 Å². The maximum atomic E-state index is 6.30. The number of rotatable bonds is 6. The summed E-state index contributed by atoms with van der Waals surface area (Å²) in [7, 11) is 3.39. The van der Waals surface area contributed by atoms with E-state index >= 15 is 0 Å². The lowest BCUT2D eigenvalue weighted by molar-refractivity contribution is 0.0151. The van der Waals surface area contributed by atoms with Crippen molar-refractivity contribution in [3.63, 3.8) is 0 Å². The molecule has 106 valence electrons. The molecule has 0 heterocycles. The molecule has 2 N–H and O–H groups in total. The van der Waals surface area contributed by atoms with Gasteiger partial charge in [-0.1, -0.05) is 6.07 Å². The van der Waals surface area contributed by atoms with Gasteiger partial charge in [0.2, 0.25) is 0 Å². The molecule has 0 bridgehead atoms. The number of aryl methyl sites for hydroxylation is 1. The summed E-state index contributed by atoms with van der Waals surface area (Å²) < 4.78 is 16.1. The highest BCUT2D eigenvalue weighted by molar-refractivity contribution is 5.39. The second-order valence-electron chi connectivity index (χ2n) is 4.88. The van der Waals surface area contributed by atoms with Gasteiger partial charge in [-0.3, -0.25) is 0 Å². The van der Waals surface area contributed by atoms with Gasteiger partial charge in [-0.15, -0.1) is 0 Å². The van der Waals surface area contributed by atoms with Crippen molar-refractivity contribution in [2.45, 2.75) is 31.4 Å². The monoisotopic (exact) mass is 265 g/mol. The number of nitrogens with two attached hydrogens (primary N) is 1. The fraction of sp³-hybridized carbons (Fsp3) is 0.600. The molecular weight excluding hydrogens is 242 g/mol. The molecule has 1 aromatic carbocycles. The quantitative estimate of drug-likeness (QED) is 0.800. The Morgan fingerprint density at radius 3 is 2.84 bits per heavy atom. The summed E-state index contributed by atoms with van der Waals surface area (Å²) in [6.45, 7) is 1.44. The Hall–Kier alpha value is -1.10. The van der Waals surface area contributed by atoms with E-state index in [1.54, 1.807) is 14.2 Å². The zero-order valence-electron chi connectivity index (χ0n) is 11.7. The molecule has 2 unspecified atom stereocenters. The van der Waals surface area contributed by atoms with E-state index in [2.05, 4.69) is 12.1 Å². The van der Waals surface area contributed by atoms with Crippen LogP contribution in [0.5, 0.6) is 5.75 Å². The summed E-state index contributed by atoms with van der Waals surface area (Å²) in [6.07, 6.45) is 2.98. The lowest BCUT2D eigenvalue weighted by atomic mass is 9.86. The van der Waals surface area contributed by atoms with Gasteiger partial charge in [0, 0.05) is 20.3 Å². The van der Waals surface area contributed by atoms with E-state index in [9.17, 15) is 0 Å². The maximum absolute atomic E-state index is 6.30. The van der Waals surface area contributed by atoms with Crippen LogP contribution in [0.1, 0.15) is 30.0 Å². The van der Waals surface area contributed by atoms with Gasteiger partial charge in [0.25, 0.3) is 0 Å². The molecule has 1 aliphatic carbocycles. The molecule has 0 spiro atoms. The summed E-state index contributed by atoms with van der Waals surface area (Å²) >= 11 is 0. The van der Waals surface area contributed by atoms with Gasteiger partial charge >= 0.3 is 0 Å². The van der Waals surface area contributed by atoms with Crippen LogP contribution in [0.2, 0.25) is 0 Å². The van der Waals surface area contributed by atoms with Gasteiger partial charge in [0.05, 0.1) is 19.3 Å². The van der Waals surface area contributed by atoms with Gasteiger partial charge in [-0.05, 0) is 42.5 Å². The van der Waals surface area contributed by atoms with E-state index in [-0.39, 0.29) is 12.1 Å². The van der Waals surface area contributed by atoms with E-state index in [1.165, 1.54) is 11.1 Å². The fourth-order valence-electron chi connectivity index (χ4n) is 2.55. The van der Waals surface area contributed by atoms with Gasteiger partial charge < -0.3 is 19.9 Å². The minimum atomic E-state index is -0.0443. The van der Waals surface area contributed by atoms with Crippen LogP contribution in [-0.4, -0.2) is 33.5 Å². The number of hydrogen-bond acceptors (Lipinski definition) is 4. The van der Waals surface area contributed by atoms with Gasteiger partial charge in [-0.25, -0.2) is 0 Å². The Morgan fingerprint density at radius 1 is 1.26 bits per heavy atom. The Labute approximate surface area is 114 Å². The summed E-state index contributed by atoms with van der Waals surface area (Å²) in [6, 6.07) is 6.06. The van der Waals surface area contributed by atoms with Crippen LogP contribution in [0, 0.1) is 0 Å². The predicted octanol–water partition coefficient (Wildman–Crippen LogP) is 2.06. The van der Waals surface area contributed by atoms with E-state index in [4.69, 9.17) is 19.9 Å². The Bertz CT molecular complexity index is 408. The second-order valence-corrected chi connectivity index (χ2v) is 4.88. The first kappa shape index (κ1) is 14.3. The Morgan fingerprint density at radius 2 is 2.11 bits per heavy atom. The highest BCUT2D eigenvalue weighted by Crippen LogP contribution is 2.32. The SMILES string of the molecule is COCCCOC1CCc2cc(OC)ccc2C1N. The van der Waals surface area contributed by atoms with Crippen LogP contribution in [-0.2, 0) is 15.9 Å². The van der Waals surface area contributed by atoms with Crippen molar-refractivity contribution in [3.8, 4) is 5.75 Å². The van der Waals surface area contributed by atoms with Crippen molar-refractivity contribution < 1.29 is 14.2 Å². The third kappa shape index (κ3) is 3.47. The largest absolute Gasteiger partial charge is 0.497 e. The lowest BCUT2D eigenvalue weighted by Gasteiger charge is -2.31. The highest BCUT2D eigenvalue weighted by Gasteiger charge is 2.27. The average molecular weight is 265 g/mol. The topological polar surface area (TPSA) is 53.7 Å². The molecule has 0 aliphatic heterocycles. The third-order valence-corrected chi connectivity index (χ3v) is 3.63. The number of methoxy groups -OCH3 is 2. The molecule has 4 nitrogen and oxygen atoms in total. The van der Waals surface area contributed by atoms with Gasteiger partial charge in [0.15, 0.2) is 0 Å². The normalized spacial score (nSPS) is 22.1. The third-order valence-electron chi connectivity index (χ3n) is 3.63. The Kier molecular flexibility index (Phi) is 5.19. The molecule has 1 aliphatic rings. The number of ether oxygens (including phenoxy) is 3. The van der Waals surface area contributed by atoms with Crippen LogP contribution in [0.15, 0.2) is 18.2 Å². The minimum Gasteiger partial charge on any atom is -0.497 e. The average Bonchev–Trinajstić information content (AvgIpc) is 2.45. The summed E-state index contributed by atoms with van der Waals surface area (Å²) in [5.41, 5.74) is 8.76. The molecule has 0 saturated heterocycles. The molecule has 0 fully saturated rings. The van der Waals surface area contributed by atoms with Crippen molar-refractivity contribution in [2.24, 2.45) is 5.73 Å². The molecule has 19 heavy (non-hydrogen) atoms. The summed E-state index contributed by atoms with van der Waals surface area (Å²) in [5.74, 6) is 0.894. The molecule has 1 aromatic rings. The van der Waals surface area contributed by atoms with Crippen molar-refractivity contribution in [2.75, 3.05) is 27.4 Å². The minimum absolute atomic E-state index is 0.0443. The van der Waals surface area contributed by atoms with Crippen LogP contribution >= 0.6 is 0 Å². The van der Waals surface area contributed by atoms with E-state index < -0.39 is 0 Å². The van der Waals surface area contributed by atoms with Crippen molar-refractivity contribution in [1.82, 2.24) is 0 Å². The summed E-state index contributed by atoms with van der Waals surface area (Å²) in [5, 5.41) is 0. The van der Waals surface area contributed by atoms with Crippen molar-refractivity contribution in [3.05, 3.63) is 29.3 Å². The molecule has 2 rings (SSSR count). The van der Waals surface area contributed by atoms with Crippen molar-refractivity contribution in [1.29, 1.82) is 0 Å². The predicted molar refractivity (Wildman–Crippen MR) is 74.5 cm³/mol. The Balaban J connectivity index is 1.97. The molecular formula is C15H23NO3.